The van der Waals surface area contributed by atoms with Crippen molar-refractivity contribution in [3.8, 4) is 0 Å². The first-order valence-corrected chi connectivity index (χ1v) is 10.3. The molecule has 3 rings (SSSR count). The van der Waals surface area contributed by atoms with Gasteiger partial charge in [-0.1, -0.05) is 0 Å². The number of amides is 2. The standard InChI is InChI=1S/C22H19F4N3O6/c23-15-5-3-13(4-6-15)20(31)28-9-1-2-14(11-28)21(32)35-12-19(30)27-18-8-7-16(29(33)34)10-17(18)22(24,25)26/h3-8,10,14H,1-2,9,11-12H2,(H,27,30). The van der Waals surface area contributed by atoms with Crippen LogP contribution in [0.15, 0.2) is 42.5 Å². The number of nitro benzene ring substituents is 1. The number of halogens is 4. The number of carbonyl (C=O) groups is 3. The number of carbonyl (C=O) groups excluding carboxylic acids is 3. The fraction of sp³-hybridized carbons (Fsp3) is 0.318. The minimum absolute atomic E-state index is 0.00274. The largest absolute Gasteiger partial charge is 0.455 e. The highest BCUT2D eigenvalue weighted by Gasteiger charge is 2.36. The minimum atomic E-state index is -4.98. The van der Waals surface area contributed by atoms with Crippen LogP contribution in [0.1, 0.15) is 28.8 Å². The Hall–Kier alpha value is -4.03. The third-order valence-electron chi connectivity index (χ3n) is 5.27. The molecule has 35 heavy (non-hydrogen) atoms. The molecule has 186 valence electrons. The summed E-state index contributed by atoms with van der Waals surface area (Å²) >= 11 is 0. The van der Waals surface area contributed by atoms with Gasteiger partial charge in [0.1, 0.15) is 5.82 Å². The van der Waals surface area contributed by atoms with Crippen molar-refractivity contribution in [3.63, 3.8) is 0 Å². The number of esters is 1. The molecule has 1 aliphatic rings. The number of nitrogens with zero attached hydrogens (tertiary/aromatic N) is 2. The van der Waals surface area contributed by atoms with Gasteiger partial charge in [0.2, 0.25) is 0 Å². The molecule has 0 spiro atoms. The molecule has 1 unspecified atom stereocenters. The third-order valence-corrected chi connectivity index (χ3v) is 5.27. The normalized spacial score (nSPS) is 15.9. The number of hydrogen-bond acceptors (Lipinski definition) is 6. The molecule has 13 heteroatoms. The Bertz CT molecular complexity index is 1140. The Labute approximate surface area is 195 Å². The lowest BCUT2D eigenvalue weighted by molar-refractivity contribution is -0.385. The molecule has 0 saturated carbocycles. The van der Waals surface area contributed by atoms with E-state index in [4.69, 9.17) is 4.74 Å². The Morgan fingerprint density at radius 3 is 2.46 bits per heavy atom. The Kier molecular flexibility index (Phi) is 7.67. The van der Waals surface area contributed by atoms with Crippen molar-refractivity contribution < 1.29 is 41.6 Å². The van der Waals surface area contributed by atoms with Gasteiger partial charge in [0.15, 0.2) is 6.61 Å². The van der Waals surface area contributed by atoms with E-state index in [0.717, 1.165) is 24.3 Å². The van der Waals surface area contributed by atoms with Crippen molar-refractivity contribution in [2.45, 2.75) is 19.0 Å². The van der Waals surface area contributed by atoms with E-state index < -0.39 is 64.2 Å². The predicted molar refractivity (Wildman–Crippen MR) is 113 cm³/mol. The average molecular weight is 497 g/mol. The number of piperidine rings is 1. The van der Waals surface area contributed by atoms with Crippen molar-refractivity contribution in [1.82, 2.24) is 4.90 Å². The SMILES string of the molecule is O=C(COC(=O)C1CCCN(C(=O)c2ccc(F)cc2)C1)Nc1ccc([N+](=O)[O-])cc1C(F)(F)F. The number of nitro groups is 1. The van der Waals surface area contributed by atoms with Gasteiger partial charge in [-0.15, -0.1) is 0 Å². The number of nitrogens with one attached hydrogen (secondary N) is 1. The van der Waals surface area contributed by atoms with Gasteiger partial charge in [0.05, 0.1) is 22.1 Å². The van der Waals surface area contributed by atoms with E-state index in [9.17, 15) is 42.1 Å². The maximum atomic E-state index is 13.2. The number of rotatable bonds is 6. The highest BCUT2D eigenvalue weighted by Crippen LogP contribution is 2.37. The van der Waals surface area contributed by atoms with E-state index in [-0.39, 0.29) is 18.2 Å². The van der Waals surface area contributed by atoms with Gasteiger partial charge in [-0.05, 0) is 43.2 Å². The summed E-state index contributed by atoms with van der Waals surface area (Å²) in [7, 11) is 0. The van der Waals surface area contributed by atoms with Crippen LogP contribution in [0.2, 0.25) is 0 Å². The lowest BCUT2D eigenvalue weighted by Crippen LogP contribution is -2.43. The zero-order valence-corrected chi connectivity index (χ0v) is 18.0. The summed E-state index contributed by atoms with van der Waals surface area (Å²) in [6.45, 7) is -0.534. The second-order valence-corrected chi connectivity index (χ2v) is 7.74. The number of non-ortho nitro benzene ring substituents is 1. The van der Waals surface area contributed by atoms with E-state index in [1.807, 2.05) is 5.32 Å². The number of hydrogen-bond donors (Lipinski definition) is 1. The molecule has 1 aliphatic heterocycles. The second-order valence-electron chi connectivity index (χ2n) is 7.74. The number of ether oxygens (including phenoxy) is 1. The van der Waals surface area contributed by atoms with E-state index in [1.165, 1.54) is 17.0 Å². The quantitative estimate of drug-likeness (QED) is 0.281. The molecule has 9 nitrogen and oxygen atoms in total. The van der Waals surface area contributed by atoms with Crippen LogP contribution >= 0.6 is 0 Å². The lowest BCUT2D eigenvalue weighted by Gasteiger charge is -2.31. The van der Waals surface area contributed by atoms with E-state index >= 15 is 0 Å². The highest BCUT2D eigenvalue weighted by atomic mass is 19.4. The van der Waals surface area contributed by atoms with Crippen molar-refractivity contribution in [2.24, 2.45) is 5.92 Å². The average Bonchev–Trinajstić information content (AvgIpc) is 2.82. The number of alkyl halides is 3. The molecule has 1 atom stereocenters. The molecule has 0 bridgehead atoms. The Morgan fingerprint density at radius 1 is 1.14 bits per heavy atom. The predicted octanol–water partition coefficient (Wildman–Crippen LogP) is 3.79. The summed E-state index contributed by atoms with van der Waals surface area (Å²) in [5.74, 6) is -3.55. The van der Waals surface area contributed by atoms with Crippen LogP contribution in [0.4, 0.5) is 28.9 Å². The fourth-order valence-electron chi connectivity index (χ4n) is 3.56. The highest BCUT2D eigenvalue weighted by molar-refractivity contribution is 5.95. The minimum Gasteiger partial charge on any atom is -0.455 e. The molecule has 1 saturated heterocycles. The summed E-state index contributed by atoms with van der Waals surface area (Å²) in [5.41, 5.74) is -2.71. The molecule has 1 fully saturated rings. The van der Waals surface area contributed by atoms with Crippen LogP contribution in [-0.2, 0) is 20.5 Å². The first-order valence-electron chi connectivity index (χ1n) is 10.3. The summed E-state index contributed by atoms with van der Waals surface area (Å²) in [6.07, 6.45) is -4.14. The molecular weight excluding hydrogens is 478 g/mol. The van der Waals surface area contributed by atoms with E-state index in [2.05, 4.69) is 0 Å². The van der Waals surface area contributed by atoms with Gasteiger partial charge in [0.25, 0.3) is 17.5 Å². The summed E-state index contributed by atoms with van der Waals surface area (Å²) in [4.78, 5) is 48.2. The number of likely N-dealkylation sites (tertiary alicyclic amines) is 1. The van der Waals surface area contributed by atoms with Crippen molar-refractivity contribution in [3.05, 3.63) is 69.5 Å². The lowest BCUT2D eigenvalue weighted by atomic mass is 9.97. The zero-order valence-electron chi connectivity index (χ0n) is 18.0. The van der Waals surface area contributed by atoms with Crippen LogP contribution in [0, 0.1) is 21.8 Å². The van der Waals surface area contributed by atoms with Gasteiger partial charge >= 0.3 is 12.1 Å². The van der Waals surface area contributed by atoms with Crippen molar-refractivity contribution in [1.29, 1.82) is 0 Å². The first kappa shape index (κ1) is 25.6. The van der Waals surface area contributed by atoms with Gasteiger partial charge < -0.3 is 15.0 Å². The third kappa shape index (κ3) is 6.52. The van der Waals surface area contributed by atoms with Crippen LogP contribution in [0.3, 0.4) is 0 Å². The summed E-state index contributed by atoms with van der Waals surface area (Å²) in [6, 6.07) is 6.73. The molecule has 1 N–H and O–H groups in total. The fourth-order valence-corrected chi connectivity index (χ4v) is 3.56. The molecule has 0 radical (unpaired) electrons. The molecular formula is C22H19F4N3O6. The van der Waals surface area contributed by atoms with Gasteiger partial charge in [-0.25, -0.2) is 4.39 Å². The van der Waals surface area contributed by atoms with Crippen molar-refractivity contribution in [2.75, 3.05) is 25.0 Å². The van der Waals surface area contributed by atoms with Crippen LogP contribution in [0.5, 0.6) is 0 Å². The number of anilines is 1. The molecule has 2 aromatic carbocycles. The van der Waals surface area contributed by atoms with E-state index in [0.29, 0.717) is 19.4 Å². The topological polar surface area (TPSA) is 119 Å². The second kappa shape index (κ2) is 10.5. The summed E-state index contributed by atoms with van der Waals surface area (Å²) < 4.78 is 57.7. The van der Waals surface area contributed by atoms with Crippen LogP contribution in [-0.4, -0.2) is 47.3 Å². The van der Waals surface area contributed by atoms with Crippen molar-refractivity contribution >= 4 is 29.2 Å². The molecule has 0 aliphatic carbocycles. The summed E-state index contributed by atoms with van der Waals surface area (Å²) in [5, 5.41) is 12.7. The first-order chi connectivity index (χ1) is 16.5. The van der Waals surface area contributed by atoms with Gasteiger partial charge in [-0.3, -0.25) is 24.5 Å². The van der Waals surface area contributed by atoms with Gasteiger partial charge in [-0.2, -0.15) is 13.2 Å². The number of benzene rings is 2. The molecule has 0 aromatic heterocycles. The smallest absolute Gasteiger partial charge is 0.418 e. The van der Waals surface area contributed by atoms with Crippen LogP contribution in [0.25, 0.3) is 0 Å². The maximum Gasteiger partial charge on any atom is 0.418 e. The Balaban J connectivity index is 1.58. The molecule has 2 aromatic rings. The Morgan fingerprint density at radius 2 is 1.83 bits per heavy atom. The molecule has 1 heterocycles. The monoisotopic (exact) mass is 497 g/mol. The van der Waals surface area contributed by atoms with Crippen LogP contribution < -0.4 is 5.32 Å². The van der Waals surface area contributed by atoms with Gasteiger partial charge in [0, 0.05) is 30.8 Å². The molecule has 2 amide bonds. The maximum absolute atomic E-state index is 13.2. The zero-order chi connectivity index (χ0) is 25.8. The van der Waals surface area contributed by atoms with E-state index in [1.54, 1.807) is 0 Å².